The fourth-order valence-electron chi connectivity index (χ4n) is 1.75. The van der Waals surface area contributed by atoms with E-state index < -0.39 is 0 Å². The third-order valence-electron chi connectivity index (χ3n) is 2.82. The highest BCUT2D eigenvalue weighted by molar-refractivity contribution is 5.29. The average molecular weight is 261 g/mol. The summed E-state index contributed by atoms with van der Waals surface area (Å²) in [6.45, 7) is 2.33. The van der Waals surface area contributed by atoms with Crippen LogP contribution >= 0.6 is 0 Å². The molecule has 0 spiro atoms. The summed E-state index contributed by atoms with van der Waals surface area (Å²) >= 11 is 0. The lowest BCUT2D eigenvalue weighted by molar-refractivity contribution is 0.311. The zero-order valence-electron chi connectivity index (χ0n) is 10.6. The van der Waals surface area contributed by atoms with Crippen molar-refractivity contribution in [2.75, 3.05) is 12.0 Å². The summed E-state index contributed by atoms with van der Waals surface area (Å²) in [7, 11) is 0. The Morgan fingerprint density at radius 1 is 1.42 bits per heavy atom. The Kier molecular flexibility index (Phi) is 3.00. The van der Waals surface area contributed by atoms with Crippen molar-refractivity contribution in [2.45, 2.75) is 25.7 Å². The van der Waals surface area contributed by atoms with Gasteiger partial charge in [0.15, 0.2) is 0 Å². The largest absolute Gasteiger partial charge is 0.464 e. The van der Waals surface area contributed by atoms with Gasteiger partial charge in [-0.3, -0.25) is 5.43 Å². The number of nitrogens with two attached hydrogens (primary N) is 1. The Balaban J connectivity index is 1.94. The Morgan fingerprint density at radius 2 is 2.26 bits per heavy atom. The molecule has 2 aromatic heterocycles. The van der Waals surface area contributed by atoms with Crippen LogP contribution in [0.1, 0.15) is 31.4 Å². The zero-order chi connectivity index (χ0) is 13.2. The minimum absolute atomic E-state index is 0.226. The number of nitrogens with one attached hydrogen (secondary N) is 1. The summed E-state index contributed by atoms with van der Waals surface area (Å²) < 4.78 is 6.89. The van der Waals surface area contributed by atoms with Gasteiger partial charge in [-0.05, 0) is 25.8 Å². The molecule has 3 N–H and O–H groups in total. The van der Waals surface area contributed by atoms with Crippen molar-refractivity contribution in [3.63, 3.8) is 0 Å². The van der Waals surface area contributed by atoms with Gasteiger partial charge in [0.1, 0.15) is 0 Å². The number of rotatable bonds is 5. The first-order chi connectivity index (χ1) is 9.30. The molecule has 0 saturated heterocycles. The number of nitrogen functional groups attached to an aromatic ring is 1. The van der Waals surface area contributed by atoms with Crippen LogP contribution in [0.5, 0.6) is 6.01 Å². The number of aromatic nitrogens is 5. The Labute approximate surface area is 110 Å². The maximum Gasteiger partial charge on any atom is 0.323 e. The van der Waals surface area contributed by atoms with Crippen molar-refractivity contribution >= 4 is 5.95 Å². The normalized spacial score (nSPS) is 14.4. The van der Waals surface area contributed by atoms with Crippen LogP contribution in [0.3, 0.4) is 0 Å². The first kappa shape index (κ1) is 11.8. The second-order valence-electron chi connectivity index (χ2n) is 4.28. The molecule has 0 amide bonds. The summed E-state index contributed by atoms with van der Waals surface area (Å²) in [4.78, 5) is 12.4. The SMILES string of the molecule is CCOc1nc(NN)nc(-n2ccc(C3CC3)n2)n1. The molecule has 0 radical (unpaired) electrons. The molecule has 0 unspecified atom stereocenters. The third kappa shape index (κ3) is 2.48. The molecule has 1 aliphatic rings. The molecule has 0 aromatic carbocycles. The van der Waals surface area contributed by atoms with E-state index in [1.807, 2.05) is 19.2 Å². The third-order valence-corrected chi connectivity index (χ3v) is 2.82. The molecule has 2 aromatic rings. The van der Waals surface area contributed by atoms with Crippen molar-refractivity contribution in [3.8, 4) is 12.0 Å². The lowest BCUT2D eigenvalue weighted by Gasteiger charge is -2.06. The number of ether oxygens (including phenoxy) is 1. The van der Waals surface area contributed by atoms with Gasteiger partial charge in [-0.15, -0.1) is 0 Å². The van der Waals surface area contributed by atoms with Crippen molar-refractivity contribution in [1.82, 2.24) is 24.7 Å². The summed E-state index contributed by atoms with van der Waals surface area (Å²) in [5.41, 5.74) is 3.46. The molecule has 0 bridgehead atoms. The lowest BCUT2D eigenvalue weighted by Crippen LogP contribution is -2.15. The average Bonchev–Trinajstić information content (AvgIpc) is 3.16. The highest BCUT2D eigenvalue weighted by Gasteiger charge is 2.26. The maximum atomic E-state index is 5.34. The van der Waals surface area contributed by atoms with Gasteiger partial charge < -0.3 is 4.74 Å². The van der Waals surface area contributed by atoms with Crippen LogP contribution in [0.4, 0.5) is 5.95 Å². The van der Waals surface area contributed by atoms with Gasteiger partial charge in [0.25, 0.3) is 5.95 Å². The zero-order valence-corrected chi connectivity index (χ0v) is 10.6. The van der Waals surface area contributed by atoms with Crippen LogP contribution in [-0.4, -0.2) is 31.3 Å². The highest BCUT2D eigenvalue weighted by atomic mass is 16.5. The minimum Gasteiger partial charge on any atom is -0.464 e. The maximum absolute atomic E-state index is 5.34. The summed E-state index contributed by atoms with van der Waals surface area (Å²) in [5, 5.41) is 4.46. The topological polar surface area (TPSA) is 104 Å². The Hall–Kier alpha value is -2.22. The van der Waals surface area contributed by atoms with E-state index in [1.165, 1.54) is 12.8 Å². The number of hydrogen-bond acceptors (Lipinski definition) is 7. The van der Waals surface area contributed by atoms with Crippen molar-refractivity contribution in [3.05, 3.63) is 18.0 Å². The number of anilines is 1. The van der Waals surface area contributed by atoms with E-state index in [-0.39, 0.29) is 12.0 Å². The number of hydrazine groups is 1. The van der Waals surface area contributed by atoms with E-state index >= 15 is 0 Å². The van der Waals surface area contributed by atoms with Gasteiger partial charge in [-0.2, -0.15) is 20.1 Å². The minimum atomic E-state index is 0.226. The van der Waals surface area contributed by atoms with Crippen molar-refractivity contribution in [2.24, 2.45) is 5.84 Å². The van der Waals surface area contributed by atoms with Gasteiger partial charge in [-0.1, -0.05) is 0 Å². The fourth-order valence-corrected chi connectivity index (χ4v) is 1.75. The van der Waals surface area contributed by atoms with E-state index in [4.69, 9.17) is 10.6 Å². The highest BCUT2D eigenvalue weighted by Crippen LogP contribution is 2.38. The fraction of sp³-hybridized carbons (Fsp3) is 0.455. The molecule has 1 saturated carbocycles. The van der Waals surface area contributed by atoms with Gasteiger partial charge in [0, 0.05) is 12.1 Å². The van der Waals surface area contributed by atoms with E-state index in [1.54, 1.807) is 4.68 Å². The molecular weight excluding hydrogens is 246 g/mol. The van der Waals surface area contributed by atoms with Crippen LogP contribution in [0.15, 0.2) is 12.3 Å². The summed E-state index contributed by atoms with van der Waals surface area (Å²) in [6.07, 6.45) is 4.24. The Bertz CT molecular complexity index is 578. The molecule has 0 atom stereocenters. The molecule has 19 heavy (non-hydrogen) atoms. The van der Waals surface area contributed by atoms with Crippen LogP contribution in [0.25, 0.3) is 5.95 Å². The van der Waals surface area contributed by atoms with Crippen LogP contribution in [-0.2, 0) is 0 Å². The first-order valence-electron chi connectivity index (χ1n) is 6.21. The summed E-state index contributed by atoms with van der Waals surface area (Å²) in [6, 6.07) is 2.21. The van der Waals surface area contributed by atoms with Gasteiger partial charge in [0.05, 0.1) is 12.3 Å². The quantitative estimate of drug-likeness (QED) is 0.600. The van der Waals surface area contributed by atoms with Crippen LogP contribution in [0.2, 0.25) is 0 Å². The van der Waals surface area contributed by atoms with Crippen molar-refractivity contribution < 1.29 is 4.74 Å². The molecule has 100 valence electrons. The number of hydrogen-bond donors (Lipinski definition) is 2. The monoisotopic (exact) mass is 261 g/mol. The molecule has 1 fully saturated rings. The van der Waals surface area contributed by atoms with Crippen LogP contribution in [0, 0.1) is 0 Å². The van der Waals surface area contributed by atoms with E-state index in [2.05, 4.69) is 25.5 Å². The molecule has 0 aliphatic heterocycles. The Morgan fingerprint density at radius 3 is 2.95 bits per heavy atom. The standard InChI is InChI=1S/C11H15N7O/c1-2-19-11-14-9(16-12)13-10(15-11)18-6-5-8(17-18)7-3-4-7/h5-7H,2-4,12H2,1H3,(H,13,14,15,16). The van der Waals surface area contributed by atoms with E-state index in [9.17, 15) is 0 Å². The second kappa shape index (κ2) is 4.81. The molecule has 3 rings (SSSR count). The van der Waals surface area contributed by atoms with E-state index in [0.29, 0.717) is 18.5 Å². The van der Waals surface area contributed by atoms with Gasteiger partial charge >= 0.3 is 6.01 Å². The lowest BCUT2D eigenvalue weighted by atomic mass is 10.3. The predicted octanol–water partition coefficient (Wildman–Crippen LogP) is 0.619. The smallest absolute Gasteiger partial charge is 0.323 e. The molecule has 8 heteroatoms. The number of nitrogens with zero attached hydrogens (tertiary/aromatic N) is 5. The molecule has 1 aliphatic carbocycles. The second-order valence-corrected chi connectivity index (χ2v) is 4.28. The molecule has 2 heterocycles. The van der Waals surface area contributed by atoms with Crippen molar-refractivity contribution in [1.29, 1.82) is 0 Å². The first-order valence-corrected chi connectivity index (χ1v) is 6.21. The predicted molar refractivity (Wildman–Crippen MR) is 67.9 cm³/mol. The summed E-state index contributed by atoms with van der Waals surface area (Å²) in [5.74, 6) is 6.56. The molecular formula is C11H15N7O. The van der Waals surface area contributed by atoms with Gasteiger partial charge in [-0.25, -0.2) is 10.5 Å². The molecule has 8 nitrogen and oxygen atoms in total. The van der Waals surface area contributed by atoms with Gasteiger partial charge in [0.2, 0.25) is 5.95 Å². The van der Waals surface area contributed by atoms with Crippen LogP contribution < -0.4 is 16.0 Å². The van der Waals surface area contributed by atoms with E-state index in [0.717, 1.165) is 5.69 Å².